The summed E-state index contributed by atoms with van der Waals surface area (Å²) in [6.07, 6.45) is -0.0235. The molecule has 1 N–H and O–H groups in total. The third kappa shape index (κ3) is 4.78. The van der Waals surface area contributed by atoms with Gasteiger partial charge < -0.3 is 24.4 Å². The molecule has 3 atom stereocenters. The van der Waals surface area contributed by atoms with Crippen LogP contribution in [0, 0.1) is 0 Å². The van der Waals surface area contributed by atoms with E-state index in [-0.39, 0.29) is 30.7 Å². The lowest BCUT2D eigenvalue weighted by Gasteiger charge is -2.30. The zero-order valence-electron chi connectivity index (χ0n) is 19.4. The average molecular weight is 538 g/mol. The van der Waals surface area contributed by atoms with Gasteiger partial charge >= 0.3 is 12.0 Å². The monoisotopic (exact) mass is 537 g/mol. The van der Waals surface area contributed by atoms with Gasteiger partial charge in [0.2, 0.25) is 0 Å². The van der Waals surface area contributed by atoms with Gasteiger partial charge in [-0.3, -0.25) is 9.69 Å². The van der Waals surface area contributed by atoms with Gasteiger partial charge in [-0.1, -0.05) is 15.9 Å². The van der Waals surface area contributed by atoms with Gasteiger partial charge in [-0.2, -0.15) is 9.97 Å². The number of ether oxygens (including phenoxy) is 3. The maximum Gasteiger partial charge on any atom is 0.319 e. The Morgan fingerprint density at radius 2 is 2.12 bits per heavy atom. The fourth-order valence-corrected chi connectivity index (χ4v) is 5.40. The Hall–Kier alpha value is -2.24. The molecular formula is C23H29BrFN5O4. The topological polar surface area (TPSA) is 89.1 Å². The molecule has 9 nitrogen and oxygen atoms in total. The van der Waals surface area contributed by atoms with E-state index < -0.39 is 6.17 Å². The first-order valence-corrected chi connectivity index (χ1v) is 12.4. The Balaban J connectivity index is 1.49. The minimum atomic E-state index is -0.830. The number of carbonyl (C=O) groups excluding carboxylic acids is 1. The first-order chi connectivity index (χ1) is 16.4. The van der Waals surface area contributed by atoms with Crippen LogP contribution < -0.4 is 19.7 Å². The molecular weight excluding hydrogens is 509 g/mol. The summed E-state index contributed by atoms with van der Waals surface area (Å²) in [6, 6.07) is 2.23. The molecule has 0 amide bonds. The molecule has 184 valence electrons. The molecule has 1 aromatic heterocycles. The number of benzene rings is 1. The fourth-order valence-electron chi connectivity index (χ4n) is 4.84. The molecule has 0 saturated carbocycles. The van der Waals surface area contributed by atoms with Crippen LogP contribution in [0.5, 0.6) is 11.8 Å². The molecule has 34 heavy (non-hydrogen) atoms. The Morgan fingerprint density at radius 1 is 1.32 bits per heavy atom. The first kappa shape index (κ1) is 23.5. The van der Waals surface area contributed by atoms with Crippen LogP contribution in [0.25, 0.3) is 10.9 Å². The summed E-state index contributed by atoms with van der Waals surface area (Å²) in [5.41, 5.74) is 1.72. The van der Waals surface area contributed by atoms with Gasteiger partial charge in [-0.25, -0.2) is 4.39 Å². The number of nitrogens with one attached hydrogen (secondary N) is 1. The molecule has 2 aromatic rings. The summed E-state index contributed by atoms with van der Waals surface area (Å²) >= 11 is 3.67. The number of carbonyl (C=O) groups is 1. The average Bonchev–Trinajstić information content (AvgIpc) is 3.39. The van der Waals surface area contributed by atoms with Crippen molar-refractivity contribution >= 4 is 38.6 Å². The van der Waals surface area contributed by atoms with Gasteiger partial charge in [0, 0.05) is 62.1 Å². The zero-order chi connectivity index (χ0) is 23.8. The molecule has 3 aliphatic heterocycles. The minimum absolute atomic E-state index is 0.00550. The second-order valence-corrected chi connectivity index (χ2v) is 9.97. The van der Waals surface area contributed by atoms with Crippen molar-refractivity contribution in [2.75, 3.05) is 57.9 Å². The van der Waals surface area contributed by atoms with E-state index in [0.29, 0.717) is 31.5 Å². The van der Waals surface area contributed by atoms with Crippen LogP contribution in [0.15, 0.2) is 10.5 Å². The van der Waals surface area contributed by atoms with Crippen molar-refractivity contribution in [2.24, 2.45) is 0 Å². The molecule has 0 bridgehead atoms. The number of nitrogens with zero attached hydrogens (tertiary/aromatic N) is 4. The largest absolute Gasteiger partial charge is 0.485 e. The number of likely N-dealkylation sites (N-methyl/N-ethyl adjacent to an activating group) is 1. The number of halogens is 2. The maximum atomic E-state index is 13.8. The van der Waals surface area contributed by atoms with Crippen molar-refractivity contribution in [1.82, 2.24) is 20.2 Å². The summed E-state index contributed by atoms with van der Waals surface area (Å²) in [5, 5.41) is 4.20. The Bertz CT molecular complexity index is 1080. The Morgan fingerprint density at radius 3 is 2.82 bits per heavy atom. The molecule has 0 aliphatic carbocycles. The lowest BCUT2D eigenvalue weighted by Crippen LogP contribution is -2.44. The molecule has 2 saturated heterocycles. The molecule has 2 fully saturated rings. The van der Waals surface area contributed by atoms with Crippen LogP contribution in [-0.4, -0.2) is 92.1 Å². The number of fused-ring (bicyclic) bond motifs is 3. The summed E-state index contributed by atoms with van der Waals surface area (Å²) in [5.74, 6) is 1.15. The highest BCUT2D eigenvalue weighted by Gasteiger charge is 2.33. The van der Waals surface area contributed by atoms with Crippen LogP contribution in [0.3, 0.4) is 0 Å². The van der Waals surface area contributed by atoms with E-state index in [0.717, 1.165) is 53.2 Å². The number of alkyl halides is 1. The van der Waals surface area contributed by atoms with E-state index in [4.69, 9.17) is 24.2 Å². The number of hydrogen-bond acceptors (Lipinski definition) is 9. The van der Waals surface area contributed by atoms with Crippen molar-refractivity contribution in [2.45, 2.75) is 38.1 Å². The van der Waals surface area contributed by atoms with Gasteiger partial charge in [0.05, 0.1) is 10.9 Å². The van der Waals surface area contributed by atoms with E-state index in [1.54, 1.807) is 0 Å². The molecule has 11 heteroatoms. The van der Waals surface area contributed by atoms with Crippen molar-refractivity contribution in [3.63, 3.8) is 0 Å². The molecule has 0 radical (unpaired) electrons. The molecule has 1 aromatic carbocycles. The lowest BCUT2D eigenvalue weighted by molar-refractivity contribution is -0.143. The summed E-state index contributed by atoms with van der Waals surface area (Å²) in [7, 11) is 1.91. The van der Waals surface area contributed by atoms with Gasteiger partial charge in [0.15, 0.2) is 0 Å². The van der Waals surface area contributed by atoms with Crippen molar-refractivity contribution < 1.29 is 23.4 Å². The van der Waals surface area contributed by atoms with Crippen molar-refractivity contribution in [3.05, 3.63) is 16.1 Å². The molecule has 0 spiro atoms. The van der Waals surface area contributed by atoms with Crippen molar-refractivity contribution in [3.8, 4) is 11.8 Å². The summed E-state index contributed by atoms with van der Waals surface area (Å²) in [4.78, 5) is 25.0. The number of anilines is 1. The summed E-state index contributed by atoms with van der Waals surface area (Å²) < 4.78 is 32.1. The number of likely N-dealkylation sites (tertiary alicyclic amines) is 1. The maximum absolute atomic E-state index is 13.8. The highest BCUT2D eigenvalue weighted by molar-refractivity contribution is 9.10. The van der Waals surface area contributed by atoms with E-state index in [9.17, 15) is 9.18 Å². The minimum Gasteiger partial charge on any atom is -0.485 e. The predicted octanol–water partition coefficient (Wildman–Crippen LogP) is 2.09. The molecule has 5 rings (SSSR count). The van der Waals surface area contributed by atoms with Gasteiger partial charge in [-0.05, 0) is 19.5 Å². The summed E-state index contributed by atoms with van der Waals surface area (Å²) in [6.45, 7) is 5.61. The van der Waals surface area contributed by atoms with Crippen LogP contribution >= 0.6 is 15.9 Å². The standard InChI is InChI=1S/C23H29BrFN5O4/c1-13(31)32-12-16-8-17-18(24)9-19-20(21(17)34-16)22(30-5-3-26-4-6-30)28-23(27-19)33-11-15-7-14(25)10-29(15)2/h9,14-16,26H,3-8,10-12H2,1-2H3/t14-,15+,16?/m1/s1. The fraction of sp³-hybridized carbons (Fsp3) is 0.609. The third-order valence-electron chi connectivity index (χ3n) is 6.60. The number of rotatable bonds is 6. The molecule has 1 unspecified atom stereocenters. The highest BCUT2D eigenvalue weighted by atomic mass is 79.9. The lowest BCUT2D eigenvalue weighted by atomic mass is 10.1. The van der Waals surface area contributed by atoms with Crippen LogP contribution in [-0.2, 0) is 16.0 Å². The van der Waals surface area contributed by atoms with Gasteiger partial charge in [-0.15, -0.1) is 0 Å². The van der Waals surface area contributed by atoms with E-state index in [2.05, 4.69) is 26.1 Å². The Kier molecular flexibility index (Phi) is 6.76. The van der Waals surface area contributed by atoms with Gasteiger partial charge in [0.1, 0.15) is 37.1 Å². The van der Waals surface area contributed by atoms with Crippen LogP contribution in [0.2, 0.25) is 0 Å². The normalized spacial score (nSPS) is 24.8. The van der Waals surface area contributed by atoms with Gasteiger partial charge in [0.25, 0.3) is 0 Å². The zero-order valence-corrected chi connectivity index (χ0v) is 20.9. The van der Waals surface area contributed by atoms with E-state index >= 15 is 0 Å². The molecule has 3 aliphatic rings. The number of aromatic nitrogens is 2. The van der Waals surface area contributed by atoms with Crippen LogP contribution in [0.4, 0.5) is 10.2 Å². The van der Waals surface area contributed by atoms with Crippen LogP contribution in [0.1, 0.15) is 18.9 Å². The quantitative estimate of drug-likeness (QED) is 0.556. The van der Waals surface area contributed by atoms with E-state index in [1.165, 1.54) is 6.92 Å². The second kappa shape index (κ2) is 9.79. The number of hydrogen-bond donors (Lipinski definition) is 1. The molecule has 4 heterocycles. The predicted molar refractivity (Wildman–Crippen MR) is 128 cm³/mol. The first-order valence-electron chi connectivity index (χ1n) is 11.6. The van der Waals surface area contributed by atoms with Crippen molar-refractivity contribution in [1.29, 1.82) is 0 Å². The Labute approximate surface area is 206 Å². The number of esters is 1. The SMILES string of the molecule is CC(=O)OCC1Cc2c(Br)cc3nc(OC[C@@H]4C[C@@H](F)CN4C)nc(N4CCNCC4)c3c2O1. The number of piperazine rings is 1. The third-order valence-corrected chi connectivity index (χ3v) is 7.31. The smallest absolute Gasteiger partial charge is 0.319 e. The second-order valence-electron chi connectivity index (χ2n) is 9.11. The highest BCUT2D eigenvalue weighted by Crippen LogP contribution is 2.44. The van der Waals surface area contributed by atoms with E-state index in [1.807, 2.05) is 18.0 Å².